The Kier molecular flexibility index (Phi) is 10.1. The number of carbonyl (C=O) groups is 3. The van der Waals surface area contributed by atoms with Gasteiger partial charge in [0.1, 0.15) is 11.6 Å². The zero-order valence-corrected chi connectivity index (χ0v) is 24.0. The van der Waals surface area contributed by atoms with Crippen LogP contribution in [0.1, 0.15) is 67.5 Å². The van der Waals surface area contributed by atoms with Crippen LogP contribution < -0.4 is 5.32 Å². The molecule has 2 amide bonds. The summed E-state index contributed by atoms with van der Waals surface area (Å²) in [5, 5.41) is 13.8. The molecule has 2 heterocycles. The van der Waals surface area contributed by atoms with Gasteiger partial charge >= 0.3 is 12.1 Å². The lowest BCUT2D eigenvalue weighted by Gasteiger charge is -2.32. The average molecular weight is 560 g/mol. The summed E-state index contributed by atoms with van der Waals surface area (Å²) in [6.07, 6.45) is 2.01. The van der Waals surface area contributed by atoms with E-state index in [4.69, 9.17) is 9.47 Å². The van der Waals surface area contributed by atoms with Gasteiger partial charge in [0, 0.05) is 41.4 Å². The molecule has 0 saturated carbocycles. The number of nitrogens with zero attached hydrogens (tertiary/aromatic N) is 2. The van der Waals surface area contributed by atoms with Gasteiger partial charge in [0.15, 0.2) is 0 Å². The van der Waals surface area contributed by atoms with E-state index >= 15 is 0 Å². The molecule has 0 bridgehead atoms. The minimum absolute atomic E-state index is 0.0511. The van der Waals surface area contributed by atoms with E-state index in [0.29, 0.717) is 31.7 Å². The summed E-state index contributed by atoms with van der Waals surface area (Å²) in [6, 6.07) is 5.01. The maximum absolute atomic E-state index is 13.8. The maximum Gasteiger partial charge on any atom is 0.408 e. The molecular weight excluding hydrogens is 522 g/mol. The zero-order chi connectivity index (χ0) is 28.7. The fraction of sp³-hybridized carbons (Fsp3) is 0.536. The molecule has 0 radical (unpaired) electrons. The molecule has 1 aromatic heterocycles. The Morgan fingerprint density at radius 2 is 1.87 bits per heavy atom. The van der Waals surface area contributed by atoms with Crippen LogP contribution in [0.15, 0.2) is 24.3 Å². The standard InChI is InChI=1S/C28H37N3O7S/c1-6-8-20-21-17-30(14-13-23(21)39-24(20)16-25(32)37-7-2)26(33)22(29-27(34)38-28(3,4)5)15-18-9-11-19(12-10-18)31(35)36/h9-12,22H,6-8,13-17H2,1-5H3,(H,29,34)/t22-/m0/s1. The van der Waals surface area contributed by atoms with Crippen LogP contribution >= 0.6 is 11.3 Å². The summed E-state index contributed by atoms with van der Waals surface area (Å²) >= 11 is 1.62. The molecule has 0 saturated heterocycles. The number of fused-ring (bicyclic) bond motifs is 1. The van der Waals surface area contributed by atoms with Gasteiger partial charge in [-0.05, 0) is 57.2 Å². The van der Waals surface area contributed by atoms with Gasteiger partial charge in [0.2, 0.25) is 5.91 Å². The van der Waals surface area contributed by atoms with Gasteiger partial charge in [0.05, 0.1) is 18.0 Å². The molecule has 39 heavy (non-hydrogen) atoms. The van der Waals surface area contributed by atoms with Crippen LogP contribution in [0.2, 0.25) is 0 Å². The van der Waals surface area contributed by atoms with Crippen LogP contribution in [-0.4, -0.2) is 52.6 Å². The molecule has 1 aromatic carbocycles. The van der Waals surface area contributed by atoms with Crippen LogP contribution in [-0.2, 0) is 51.3 Å². The number of hydrogen-bond donors (Lipinski definition) is 1. The molecule has 212 valence electrons. The number of non-ortho nitro benzene ring substituents is 1. The lowest BCUT2D eigenvalue weighted by Crippen LogP contribution is -2.51. The third-order valence-corrected chi connectivity index (χ3v) is 7.57. The minimum atomic E-state index is -0.921. The third kappa shape index (κ3) is 8.26. The molecule has 1 atom stereocenters. The first-order valence-corrected chi connectivity index (χ1v) is 14.0. The van der Waals surface area contributed by atoms with Crippen molar-refractivity contribution in [2.45, 2.75) is 84.9 Å². The molecule has 11 heteroatoms. The van der Waals surface area contributed by atoms with Crippen molar-refractivity contribution < 1.29 is 28.8 Å². The van der Waals surface area contributed by atoms with Crippen LogP contribution in [0.25, 0.3) is 0 Å². The highest BCUT2D eigenvalue weighted by atomic mass is 32.1. The van der Waals surface area contributed by atoms with Crippen molar-refractivity contribution >= 4 is 35.0 Å². The highest BCUT2D eigenvalue weighted by molar-refractivity contribution is 7.12. The summed E-state index contributed by atoms with van der Waals surface area (Å²) in [5.41, 5.74) is 2.06. The smallest absolute Gasteiger partial charge is 0.408 e. The molecule has 1 aliphatic heterocycles. The van der Waals surface area contributed by atoms with Gasteiger partial charge in [-0.15, -0.1) is 11.3 Å². The van der Waals surface area contributed by atoms with E-state index in [1.54, 1.807) is 56.1 Å². The first-order valence-electron chi connectivity index (χ1n) is 13.2. The van der Waals surface area contributed by atoms with Gasteiger partial charge in [-0.2, -0.15) is 0 Å². The van der Waals surface area contributed by atoms with Crippen molar-refractivity contribution in [1.82, 2.24) is 10.2 Å². The molecule has 10 nitrogen and oxygen atoms in total. The molecule has 2 aromatic rings. The quantitative estimate of drug-likeness (QED) is 0.253. The van der Waals surface area contributed by atoms with Gasteiger partial charge in [-0.25, -0.2) is 4.79 Å². The number of nitrogens with one attached hydrogen (secondary N) is 1. The van der Waals surface area contributed by atoms with Crippen LogP contribution in [0.3, 0.4) is 0 Å². The lowest BCUT2D eigenvalue weighted by molar-refractivity contribution is -0.384. The first-order chi connectivity index (χ1) is 18.4. The number of carbonyl (C=O) groups excluding carboxylic acids is 3. The Morgan fingerprint density at radius 3 is 2.46 bits per heavy atom. The van der Waals surface area contributed by atoms with Crippen molar-refractivity contribution in [1.29, 1.82) is 0 Å². The Morgan fingerprint density at radius 1 is 1.18 bits per heavy atom. The van der Waals surface area contributed by atoms with E-state index in [2.05, 4.69) is 12.2 Å². The second-order valence-electron chi connectivity index (χ2n) is 10.5. The average Bonchev–Trinajstić information content (AvgIpc) is 3.18. The number of hydrogen-bond acceptors (Lipinski definition) is 8. The topological polar surface area (TPSA) is 128 Å². The number of benzene rings is 1. The predicted octanol–water partition coefficient (Wildman–Crippen LogP) is 4.74. The SMILES string of the molecule is CCCc1c(CC(=O)OCC)sc2c1CN(C(=O)[C@H](Cc1ccc([N+](=O)[O-])cc1)NC(=O)OC(C)(C)C)CC2. The van der Waals surface area contributed by atoms with E-state index < -0.39 is 22.7 Å². The fourth-order valence-corrected chi connectivity index (χ4v) is 5.91. The highest BCUT2D eigenvalue weighted by Gasteiger charge is 2.33. The Labute approximate surface area is 232 Å². The second-order valence-corrected chi connectivity index (χ2v) is 11.7. The van der Waals surface area contributed by atoms with E-state index in [1.165, 1.54) is 17.0 Å². The van der Waals surface area contributed by atoms with Crippen LogP contribution in [0.4, 0.5) is 10.5 Å². The van der Waals surface area contributed by atoms with Crippen molar-refractivity contribution in [3.05, 3.63) is 60.8 Å². The highest BCUT2D eigenvalue weighted by Crippen LogP contribution is 2.35. The molecule has 3 rings (SSSR count). The van der Waals surface area contributed by atoms with Gasteiger partial charge in [0.25, 0.3) is 5.69 Å². The van der Waals surface area contributed by atoms with Gasteiger partial charge < -0.3 is 19.7 Å². The van der Waals surface area contributed by atoms with E-state index in [9.17, 15) is 24.5 Å². The molecule has 1 N–H and O–H groups in total. The fourth-order valence-electron chi connectivity index (χ4n) is 4.57. The maximum atomic E-state index is 13.8. The zero-order valence-electron chi connectivity index (χ0n) is 23.2. The Bertz CT molecular complexity index is 1200. The van der Waals surface area contributed by atoms with E-state index in [1.807, 2.05) is 0 Å². The van der Waals surface area contributed by atoms with Crippen molar-refractivity contribution in [3.63, 3.8) is 0 Å². The number of thiophene rings is 1. The number of esters is 1. The minimum Gasteiger partial charge on any atom is -0.466 e. The molecule has 0 spiro atoms. The Hall–Kier alpha value is -3.47. The van der Waals surface area contributed by atoms with Gasteiger partial charge in [-0.3, -0.25) is 19.7 Å². The normalized spacial score (nSPS) is 13.8. The first kappa shape index (κ1) is 30.1. The van der Waals surface area contributed by atoms with Crippen LogP contribution in [0.5, 0.6) is 0 Å². The number of rotatable bonds is 10. The van der Waals surface area contributed by atoms with Gasteiger partial charge in [-0.1, -0.05) is 25.5 Å². The van der Waals surface area contributed by atoms with E-state index in [-0.39, 0.29) is 30.4 Å². The van der Waals surface area contributed by atoms with Crippen molar-refractivity contribution in [2.75, 3.05) is 13.2 Å². The van der Waals surface area contributed by atoms with Crippen LogP contribution in [0, 0.1) is 10.1 Å². The summed E-state index contributed by atoms with van der Waals surface area (Å²) in [4.78, 5) is 53.1. The molecule has 1 aliphatic rings. The number of nitro groups is 1. The van der Waals surface area contributed by atoms with Crippen molar-refractivity contribution in [3.8, 4) is 0 Å². The summed E-state index contributed by atoms with van der Waals surface area (Å²) in [7, 11) is 0. The summed E-state index contributed by atoms with van der Waals surface area (Å²) in [5.74, 6) is -0.517. The predicted molar refractivity (Wildman–Crippen MR) is 148 cm³/mol. The monoisotopic (exact) mass is 559 g/mol. The molecule has 0 unspecified atom stereocenters. The number of alkyl carbamates (subject to hydrolysis) is 1. The summed E-state index contributed by atoms with van der Waals surface area (Å²) in [6.45, 7) is 10.3. The van der Waals surface area contributed by atoms with Crippen molar-refractivity contribution in [2.24, 2.45) is 0 Å². The number of ether oxygens (including phenoxy) is 2. The lowest BCUT2D eigenvalue weighted by atomic mass is 9.97. The van der Waals surface area contributed by atoms with E-state index in [0.717, 1.165) is 28.8 Å². The second kappa shape index (κ2) is 13.1. The molecule has 0 fully saturated rings. The Balaban J connectivity index is 1.85. The molecule has 0 aliphatic carbocycles. The number of nitro benzene ring substituents is 1. The summed E-state index contributed by atoms with van der Waals surface area (Å²) < 4.78 is 10.6. The third-order valence-electron chi connectivity index (χ3n) is 6.24. The number of amides is 2. The molecular formula is C28H37N3O7S. The largest absolute Gasteiger partial charge is 0.466 e.